The summed E-state index contributed by atoms with van der Waals surface area (Å²) in [5, 5.41) is 18.9. The number of benzene rings is 1. The van der Waals surface area contributed by atoms with Crippen LogP contribution in [0, 0.1) is 0 Å². The first kappa shape index (κ1) is 17.3. The van der Waals surface area contributed by atoms with E-state index in [1.807, 2.05) is 0 Å². The average Bonchev–Trinajstić information content (AvgIpc) is 2.48. The molecule has 2 atom stereocenters. The standard InChI is InChI=1S/C16H18O4S2/c1-9(17)7-21-15-13(19)11-5-3-4-6-12(11)14(20)16(15)22-8-10(2)18/h3-6,9-10,17-18H,7-8H2,1-2H3. The number of allylic oxidation sites excluding steroid dienone is 2. The lowest BCUT2D eigenvalue weighted by atomic mass is 9.94. The maximum absolute atomic E-state index is 12.6. The largest absolute Gasteiger partial charge is 0.393 e. The smallest absolute Gasteiger partial charge is 0.201 e. The van der Waals surface area contributed by atoms with Crippen molar-refractivity contribution in [1.29, 1.82) is 0 Å². The number of Topliss-reactive ketones (excluding diaryl/α,β-unsaturated/α-hetero) is 2. The van der Waals surface area contributed by atoms with Gasteiger partial charge < -0.3 is 10.2 Å². The molecule has 0 heterocycles. The number of ketones is 2. The van der Waals surface area contributed by atoms with Crippen molar-refractivity contribution >= 4 is 35.1 Å². The normalized spacial score (nSPS) is 17.5. The monoisotopic (exact) mass is 338 g/mol. The van der Waals surface area contributed by atoms with Gasteiger partial charge >= 0.3 is 0 Å². The molecule has 2 N–H and O–H groups in total. The maximum Gasteiger partial charge on any atom is 0.201 e. The molecule has 1 aromatic rings. The fraction of sp³-hybridized carbons (Fsp3) is 0.375. The molecular formula is C16H18O4S2. The summed E-state index contributed by atoms with van der Waals surface area (Å²) >= 11 is 2.39. The summed E-state index contributed by atoms with van der Waals surface area (Å²) in [4.78, 5) is 26.0. The van der Waals surface area contributed by atoms with Crippen LogP contribution in [0.5, 0.6) is 0 Å². The highest BCUT2D eigenvalue weighted by atomic mass is 32.2. The summed E-state index contributed by atoms with van der Waals surface area (Å²) in [7, 11) is 0. The number of rotatable bonds is 6. The summed E-state index contributed by atoms with van der Waals surface area (Å²) in [6.07, 6.45) is -1.14. The van der Waals surface area contributed by atoms with E-state index in [2.05, 4.69) is 0 Å². The van der Waals surface area contributed by atoms with Gasteiger partial charge in [-0.1, -0.05) is 24.3 Å². The summed E-state index contributed by atoms with van der Waals surface area (Å²) < 4.78 is 0. The van der Waals surface area contributed by atoms with Crippen molar-refractivity contribution in [1.82, 2.24) is 0 Å². The number of aliphatic hydroxyl groups is 2. The van der Waals surface area contributed by atoms with Gasteiger partial charge in [-0.3, -0.25) is 9.59 Å². The highest BCUT2D eigenvalue weighted by Gasteiger charge is 2.32. The molecule has 0 spiro atoms. The Morgan fingerprint density at radius 1 is 0.864 bits per heavy atom. The van der Waals surface area contributed by atoms with Gasteiger partial charge in [0.2, 0.25) is 11.6 Å². The zero-order valence-corrected chi connectivity index (χ0v) is 14.0. The Hall–Kier alpha value is -1.08. The van der Waals surface area contributed by atoms with Crippen molar-refractivity contribution in [2.75, 3.05) is 11.5 Å². The minimum Gasteiger partial charge on any atom is -0.393 e. The van der Waals surface area contributed by atoms with Crippen molar-refractivity contribution in [2.45, 2.75) is 26.1 Å². The van der Waals surface area contributed by atoms with Crippen LogP contribution >= 0.6 is 23.5 Å². The van der Waals surface area contributed by atoms with E-state index >= 15 is 0 Å². The number of thioether (sulfide) groups is 2. The molecule has 0 bridgehead atoms. The van der Waals surface area contributed by atoms with Crippen molar-refractivity contribution < 1.29 is 19.8 Å². The van der Waals surface area contributed by atoms with Crippen LogP contribution in [0.15, 0.2) is 34.1 Å². The first-order chi connectivity index (χ1) is 10.4. The molecule has 0 radical (unpaired) electrons. The molecule has 1 aliphatic carbocycles. The third kappa shape index (κ3) is 3.81. The molecule has 0 aliphatic heterocycles. The first-order valence-electron chi connectivity index (χ1n) is 6.96. The third-order valence-electron chi connectivity index (χ3n) is 2.97. The Bertz CT molecular complexity index is 567. The highest BCUT2D eigenvalue weighted by Crippen LogP contribution is 2.38. The lowest BCUT2D eigenvalue weighted by molar-refractivity contribution is 0.0988. The lowest BCUT2D eigenvalue weighted by Gasteiger charge is -2.21. The SMILES string of the molecule is CC(O)CSC1=C(SCC(C)O)C(=O)c2ccccc2C1=O. The van der Waals surface area contributed by atoms with Crippen LogP contribution < -0.4 is 0 Å². The highest BCUT2D eigenvalue weighted by molar-refractivity contribution is 8.08. The van der Waals surface area contributed by atoms with E-state index in [-0.39, 0.29) is 11.6 Å². The molecule has 0 saturated carbocycles. The number of fused-ring (bicyclic) bond motifs is 1. The van der Waals surface area contributed by atoms with Crippen LogP contribution in [0.4, 0.5) is 0 Å². The molecule has 22 heavy (non-hydrogen) atoms. The molecule has 1 aliphatic rings. The molecule has 6 heteroatoms. The Balaban J connectivity index is 2.40. The van der Waals surface area contributed by atoms with E-state index in [9.17, 15) is 19.8 Å². The molecule has 0 saturated heterocycles. The van der Waals surface area contributed by atoms with Crippen molar-refractivity contribution in [3.8, 4) is 0 Å². The van der Waals surface area contributed by atoms with E-state index < -0.39 is 12.2 Å². The van der Waals surface area contributed by atoms with Gasteiger partial charge in [-0.2, -0.15) is 0 Å². The number of hydrogen-bond donors (Lipinski definition) is 2. The van der Waals surface area contributed by atoms with Crippen molar-refractivity contribution in [2.24, 2.45) is 0 Å². The Kier molecular flexibility index (Phi) is 5.86. The minimum atomic E-state index is -0.569. The number of carbonyl (C=O) groups is 2. The van der Waals surface area contributed by atoms with Crippen LogP contribution in [0.25, 0.3) is 0 Å². The van der Waals surface area contributed by atoms with E-state index in [1.54, 1.807) is 38.1 Å². The maximum atomic E-state index is 12.6. The summed E-state index contributed by atoms with van der Waals surface area (Å²) in [6.45, 7) is 3.28. The van der Waals surface area contributed by atoms with Gasteiger partial charge in [-0.25, -0.2) is 0 Å². The van der Waals surface area contributed by atoms with Crippen molar-refractivity contribution in [3.63, 3.8) is 0 Å². The molecular weight excluding hydrogens is 320 g/mol. The van der Waals surface area contributed by atoms with Gasteiger partial charge in [-0.05, 0) is 13.8 Å². The molecule has 2 unspecified atom stereocenters. The number of hydrogen-bond acceptors (Lipinski definition) is 6. The van der Waals surface area contributed by atoms with E-state index in [0.717, 1.165) is 0 Å². The summed E-state index contributed by atoms with van der Waals surface area (Å²) in [6, 6.07) is 6.76. The minimum absolute atomic E-state index is 0.186. The third-order valence-corrected chi connectivity index (χ3v) is 5.76. The summed E-state index contributed by atoms with van der Waals surface area (Å²) in [5.41, 5.74) is 0.809. The second-order valence-corrected chi connectivity index (χ2v) is 7.24. The second kappa shape index (κ2) is 7.46. The second-order valence-electron chi connectivity index (χ2n) is 5.18. The van der Waals surface area contributed by atoms with E-state index in [4.69, 9.17) is 0 Å². The van der Waals surface area contributed by atoms with Gasteiger partial charge in [-0.15, -0.1) is 23.5 Å². The quantitative estimate of drug-likeness (QED) is 0.830. The van der Waals surface area contributed by atoms with Crippen LogP contribution in [0.3, 0.4) is 0 Å². The lowest BCUT2D eigenvalue weighted by Crippen LogP contribution is -2.21. The van der Waals surface area contributed by atoms with Gasteiger partial charge in [0.1, 0.15) is 0 Å². The molecule has 0 aromatic heterocycles. The van der Waals surface area contributed by atoms with Crippen molar-refractivity contribution in [3.05, 3.63) is 45.2 Å². The van der Waals surface area contributed by atoms with Gasteiger partial charge in [0.15, 0.2) is 0 Å². The van der Waals surface area contributed by atoms with Crippen LogP contribution in [-0.2, 0) is 0 Å². The Labute approximate surface area is 138 Å². The molecule has 1 aromatic carbocycles. The Morgan fingerprint density at radius 3 is 1.55 bits per heavy atom. The molecule has 2 rings (SSSR count). The molecule has 118 valence electrons. The van der Waals surface area contributed by atoms with Gasteiger partial charge in [0, 0.05) is 22.6 Å². The van der Waals surface area contributed by atoms with Gasteiger partial charge in [0.05, 0.1) is 22.0 Å². The fourth-order valence-corrected chi connectivity index (χ4v) is 4.10. The number of aliphatic hydroxyl groups excluding tert-OH is 2. The van der Waals surface area contributed by atoms with Crippen LogP contribution in [-0.4, -0.2) is 45.5 Å². The van der Waals surface area contributed by atoms with E-state index in [1.165, 1.54) is 23.5 Å². The fourth-order valence-electron chi connectivity index (χ4n) is 2.00. The topological polar surface area (TPSA) is 74.6 Å². The molecule has 4 nitrogen and oxygen atoms in total. The Morgan fingerprint density at radius 2 is 1.23 bits per heavy atom. The van der Waals surface area contributed by atoms with Gasteiger partial charge in [0.25, 0.3) is 0 Å². The number of carbonyl (C=O) groups excluding carboxylic acids is 2. The molecule has 0 fully saturated rings. The zero-order valence-electron chi connectivity index (χ0n) is 12.4. The average molecular weight is 338 g/mol. The predicted molar refractivity (Wildman–Crippen MR) is 90.4 cm³/mol. The van der Waals surface area contributed by atoms with Crippen LogP contribution in [0.2, 0.25) is 0 Å². The van der Waals surface area contributed by atoms with E-state index in [0.29, 0.717) is 32.4 Å². The zero-order chi connectivity index (χ0) is 16.3. The summed E-state index contributed by atoms with van der Waals surface area (Å²) in [5.74, 6) is 0.313. The predicted octanol–water partition coefficient (Wildman–Crippen LogP) is 2.51. The molecule has 0 amide bonds. The van der Waals surface area contributed by atoms with Crippen LogP contribution in [0.1, 0.15) is 34.6 Å². The first-order valence-corrected chi connectivity index (χ1v) is 8.93.